The molecule has 0 amide bonds. The average Bonchev–Trinajstić information content (AvgIpc) is 3.19. The van der Waals surface area contributed by atoms with Gasteiger partial charge in [-0.1, -0.05) is 12.1 Å². The first-order valence-corrected chi connectivity index (χ1v) is 11.0. The molecule has 1 saturated heterocycles. The molecular formula is C25H30FN3O3. The monoisotopic (exact) mass is 439 g/mol. The number of imidazole rings is 1. The van der Waals surface area contributed by atoms with Crippen LogP contribution in [0.15, 0.2) is 60.9 Å². The van der Waals surface area contributed by atoms with Crippen LogP contribution < -0.4 is 9.47 Å². The van der Waals surface area contributed by atoms with E-state index in [0.717, 1.165) is 37.6 Å². The van der Waals surface area contributed by atoms with Crippen LogP contribution in [0.5, 0.6) is 11.5 Å². The lowest BCUT2D eigenvalue weighted by Gasteiger charge is -2.39. The molecule has 1 fully saturated rings. The van der Waals surface area contributed by atoms with Gasteiger partial charge < -0.3 is 19.1 Å². The zero-order valence-electron chi connectivity index (χ0n) is 18.4. The number of nitrogens with zero attached hydrogens (tertiary/aromatic N) is 3. The third-order valence-corrected chi connectivity index (χ3v) is 5.81. The summed E-state index contributed by atoms with van der Waals surface area (Å²) in [5.74, 6) is 2.09. The fourth-order valence-corrected chi connectivity index (χ4v) is 4.06. The van der Waals surface area contributed by atoms with Gasteiger partial charge in [0.05, 0.1) is 6.54 Å². The summed E-state index contributed by atoms with van der Waals surface area (Å²) in [6.07, 6.45) is 5.33. The molecule has 1 unspecified atom stereocenters. The highest BCUT2D eigenvalue weighted by molar-refractivity contribution is 5.27. The van der Waals surface area contributed by atoms with Crippen molar-refractivity contribution in [3.8, 4) is 11.5 Å². The SMILES string of the molecule is Cc1nccn1CCOc1ccc(CN2CCCC(O)(COc3ccc(F)cc3)C2)cc1. The van der Waals surface area contributed by atoms with Crippen molar-refractivity contribution in [3.63, 3.8) is 0 Å². The molecule has 1 aliphatic heterocycles. The summed E-state index contributed by atoms with van der Waals surface area (Å²) in [5.41, 5.74) is 0.257. The molecule has 1 aromatic heterocycles. The molecule has 1 atom stereocenters. The molecule has 1 N–H and O–H groups in total. The fraction of sp³-hybridized carbons (Fsp3) is 0.400. The van der Waals surface area contributed by atoms with Gasteiger partial charge in [0, 0.05) is 25.5 Å². The number of ether oxygens (including phenoxy) is 2. The third-order valence-electron chi connectivity index (χ3n) is 5.81. The highest BCUT2D eigenvalue weighted by Crippen LogP contribution is 2.25. The number of aliphatic hydroxyl groups is 1. The number of hydrogen-bond donors (Lipinski definition) is 1. The lowest BCUT2D eigenvalue weighted by Crippen LogP contribution is -2.51. The van der Waals surface area contributed by atoms with E-state index >= 15 is 0 Å². The van der Waals surface area contributed by atoms with Crippen molar-refractivity contribution in [3.05, 3.63) is 78.1 Å². The van der Waals surface area contributed by atoms with Gasteiger partial charge in [-0.15, -0.1) is 0 Å². The number of hydrogen-bond acceptors (Lipinski definition) is 5. The van der Waals surface area contributed by atoms with Gasteiger partial charge in [0.25, 0.3) is 0 Å². The van der Waals surface area contributed by atoms with Crippen LogP contribution in [0, 0.1) is 12.7 Å². The number of aryl methyl sites for hydroxylation is 1. The number of halogens is 1. The number of piperidine rings is 1. The smallest absolute Gasteiger partial charge is 0.123 e. The molecule has 0 saturated carbocycles. The quantitative estimate of drug-likeness (QED) is 0.549. The minimum absolute atomic E-state index is 0.193. The molecule has 4 rings (SSSR count). The summed E-state index contributed by atoms with van der Waals surface area (Å²) in [6, 6.07) is 14.0. The molecular weight excluding hydrogens is 409 g/mol. The van der Waals surface area contributed by atoms with Gasteiger partial charge in [-0.25, -0.2) is 9.37 Å². The summed E-state index contributed by atoms with van der Waals surface area (Å²) in [7, 11) is 0. The van der Waals surface area contributed by atoms with Gasteiger partial charge in [-0.3, -0.25) is 4.90 Å². The van der Waals surface area contributed by atoms with E-state index in [1.807, 2.05) is 25.3 Å². The van der Waals surface area contributed by atoms with Crippen LogP contribution in [-0.2, 0) is 13.1 Å². The minimum atomic E-state index is -0.916. The Morgan fingerprint density at radius 3 is 2.50 bits per heavy atom. The predicted molar refractivity (Wildman–Crippen MR) is 120 cm³/mol. The third kappa shape index (κ3) is 6.08. The fourth-order valence-electron chi connectivity index (χ4n) is 4.06. The van der Waals surface area contributed by atoms with Crippen molar-refractivity contribution in [2.45, 2.75) is 38.5 Å². The van der Waals surface area contributed by atoms with Gasteiger partial charge in [0.1, 0.15) is 42.0 Å². The second kappa shape index (κ2) is 10.1. The standard InChI is InChI=1S/C25H30FN3O3/c1-20-27-12-14-29(20)15-16-31-23-7-3-21(4-8-23)17-28-13-2-11-25(30,18-28)19-32-24-9-5-22(26)6-10-24/h3-10,12,14,30H,2,11,13,15-19H2,1H3. The van der Waals surface area contributed by atoms with Gasteiger partial charge in [-0.2, -0.15) is 0 Å². The first-order valence-electron chi connectivity index (χ1n) is 11.0. The van der Waals surface area contributed by atoms with E-state index in [4.69, 9.17) is 9.47 Å². The summed E-state index contributed by atoms with van der Waals surface area (Å²) in [4.78, 5) is 6.46. The largest absolute Gasteiger partial charge is 0.492 e. The van der Waals surface area contributed by atoms with Crippen LogP contribution in [0.4, 0.5) is 4.39 Å². The van der Waals surface area contributed by atoms with Crippen molar-refractivity contribution in [2.24, 2.45) is 0 Å². The second-order valence-corrected chi connectivity index (χ2v) is 8.44. The van der Waals surface area contributed by atoms with Gasteiger partial charge in [0.15, 0.2) is 0 Å². The number of β-amino-alcohol motifs (C(OH)–C–C–N with tert-alkyl or cyclic N) is 1. The first-order chi connectivity index (χ1) is 15.5. The maximum atomic E-state index is 13.1. The number of likely N-dealkylation sites (tertiary alicyclic amines) is 1. The van der Waals surface area contributed by atoms with Crippen molar-refractivity contribution in [2.75, 3.05) is 26.3 Å². The Kier molecular flexibility index (Phi) is 7.07. The molecule has 2 aromatic carbocycles. The maximum Gasteiger partial charge on any atom is 0.123 e. The van der Waals surface area contributed by atoms with Gasteiger partial charge in [-0.05, 0) is 68.3 Å². The van der Waals surface area contributed by atoms with E-state index in [0.29, 0.717) is 25.3 Å². The van der Waals surface area contributed by atoms with Crippen molar-refractivity contribution >= 4 is 0 Å². The zero-order valence-corrected chi connectivity index (χ0v) is 18.4. The molecule has 6 nitrogen and oxygen atoms in total. The van der Waals surface area contributed by atoms with Crippen LogP contribution in [0.25, 0.3) is 0 Å². The topological polar surface area (TPSA) is 59.8 Å². The van der Waals surface area contributed by atoms with Crippen LogP contribution in [0.2, 0.25) is 0 Å². The molecule has 7 heteroatoms. The van der Waals surface area contributed by atoms with Crippen molar-refractivity contribution in [1.29, 1.82) is 0 Å². The molecule has 1 aliphatic rings. The van der Waals surface area contributed by atoms with Crippen LogP contribution >= 0.6 is 0 Å². The Bertz CT molecular complexity index is 990. The normalized spacial score (nSPS) is 19.1. The van der Waals surface area contributed by atoms with Crippen LogP contribution in [-0.4, -0.2) is 51.5 Å². The molecule has 2 heterocycles. The Labute approximate surface area is 188 Å². The molecule has 0 aliphatic carbocycles. The lowest BCUT2D eigenvalue weighted by molar-refractivity contribution is -0.0621. The predicted octanol–water partition coefficient (Wildman–Crippen LogP) is 3.82. The lowest BCUT2D eigenvalue weighted by atomic mass is 9.93. The number of rotatable bonds is 9. The Morgan fingerprint density at radius 2 is 1.78 bits per heavy atom. The van der Waals surface area contributed by atoms with E-state index in [-0.39, 0.29) is 12.4 Å². The molecule has 3 aromatic rings. The Morgan fingerprint density at radius 1 is 1.06 bits per heavy atom. The highest BCUT2D eigenvalue weighted by Gasteiger charge is 2.34. The molecule has 0 bridgehead atoms. The highest BCUT2D eigenvalue weighted by atomic mass is 19.1. The van der Waals surface area contributed by atoms with E-state index < -0.39 is 5.60 Å². The van der Waals surface area contributed by atoms with Crippen molar-refractivity contribution < 1.29 is 19.0 Å². The first kappa shape index (κ1) is 22.3. The van der Waals surface area contributed by atoms with Gasteiger partial charge >= 0.3 is 0 Å². The number of benzene rings is 2. The second-order valence-electron chi connectivity index (χ2n) is 8.44. The van der Waals surface area contributed by atoms with Gasteiger partial charge in [0.2, 0.25) is 0 Å². The van der Waals surface area contributed by atoms with E-state index in [1.54, 1.807) is 18.3 Å². The van der Waals surface area contributed by atoms with Crippen LogP contribution in [0.3, 0.4) is 0 Å². The van der Waals surface area contributed by atoms with Crippen molar-refractivity contribution in [1.82, 2.24) is 14.5 Å². The van der Waals surface area contributed by atoms with E-state index in [1.165, 1.54) is 17.7 Å². The Hall–Kier alpha value is -2.90. The molecule has 0 radical (unpaired) electrons. The maximum absolute atomic E-state index is 13.1. The number of aromatic nitrogens is 2. The zero-order chi connectivity index (χ0) is 22.4. The summed E-state index contributed by atoms with van der Waals surface area (Å²) < 4.78 is 26.7. The minimum Gasteiger partial charge on any atom is -0.492 e. The summed E-state index contributed by atoms with van der Waals surface area (Å²) >= 11 is 0. The van der Waals surface area contributed by atoms with E-state index in [2.05, 4.69) is 26.6 Å². The summed E-state index contributed by atoms with van der Waals surface area (Å²) in [5, 5.41) is 11.0. The molecule has 170 valence electrons. The summed E-state index contributed by atoms with van der Waals surface area (Å²) in [6.45, 7) is 5.75. The molecule has 0 spiro atoms. The van der Waals surface area contributed by atoms with E-state index in [9.17, 15) is 9.50 Å². The van der Waals surface area contributed by atoms with Crippen LogP contribution in [0.1, 0.15) is 24.2 Å². The Balaban J connectivity index is 1.25. The molecule has 32 heavy (non-hydrogen) atoms. The average molecular weight is 440 g/mol.